The van der Waals surface area contributed by atoms with Crippen LogP contribution in [0.2, 0.25) is 0 Å². The second-order valence-corrected chi connectivity index (χ2v) is 7.40. The van der Waals surface area contributed by atoms with E-state index < -0.39 is 10.0 Å². The van der Waals surface area contributed by atoms with Crippen molar-refractivity contribution in [1.29, 1.82) is 0 Å². The highest BCUT2D eigenvalue weighted by Gasteiger charge is 2.32. The van der Waals surface area contributed by atoms with Gasteiger partial charge in [0.15, 0.2) is 0 Å². The maximum atomic E-state index is 12.4. The first-order chi connectivity index (χ1) is 9.59. The Morgan fingerprint density at radius 2 is 1.90 bits per heavy atom. The lowest BCUT2D eigenvalue weighted by molar-refractivity contribution is 0.179. The molecular weight excluding hydrogens is 280 g/mol. The first-order valence-corrected chi connectivity index (χ1v) is 8.45. The topological polar surface area (TPSA) is 74.0 Å². The quantitative estimate of drug-likeness (QED) is 0.856. The monoisotopic (exact) mass is 300 g/mol. The maximum absolute atomic E-state index is 12.4. The Morgan fingerprint density at radius 3 is 2.45 bits per heavy atom. The van der Waals surface area contributed by atoms with E-state index in [9.17, 15) is 8.42 Å². The molecule has 2 aliphatic rings. The molecule has 3 rings (SSSR count). The summed E-state index contributed by atoms with van der Waals surface area (Å²) in [6, 6.07) is 2.91. The maximum Gasteiger partial charge on any atom is 0.276 e. The summed E-state index contributed by atoms with van der Waals surface area (Å²) in [7, 11) is -3.56. The summed E-state index contributed by atoms with van der Waals surface area (Å²) in [5.41, 5.74) is 0. The second kappa shape index (κ2) is 5.48. The van der Waals surface area contributed by atoms with Crippen LogP contribution in [0.1, 0.15) is 18.6 Å². The Hall–Kier alpha value is -0.890. The van der Waals surface area contributed by atoms with E-state index in [-0.39, 0.29) is 17.5 Å². The summed E-state index contributed by atoms with van der Waals surface area (Å²) in [5, 5.41) is 8.87. The molecule has 0 bridgehead atoms. The van der Waals surface area contributed by atoms with Gasteiger partial charge in [-0.3, -0.25) is 0 Å². The van der Waals surface area contributed by atoms with Crippen LogP contribution in [0.25, 0.3) is 0 Å². The summed E-state index contributed by atoms with van der Waals surface area (Å²) in [4.78, 5) is 2.34. The van der Waals surface area contributed by atoms with Gasteiger partial charge in [-0.1, -0.05) is 0 Å². The fourth-order valence-electron chi connectivity index (χ4n) is 2.53. The minimum Gasteiger partial charge on any atom is -0.446 e. The van der Waals surface area contributed by atoms with Crippen LogP contribution in [-0.4, -0.2) is 55.5 Å². The van der Waals surface area contributed by atoms with E-state index >= 15 is 0 Å². The fourth-order valence-corrected chi connectivity index (χ4v) is 3.88. The molecule has 0 spiro atoms. The van der Waals surface area contributed by atoms with E-state index in [0.29, 0.717) is 13.1 Å². The van der Waals surface area contributed by atoms with Gasteiger partial charge in [0.25, 0.3) is 10.0 Å². The fraction of sp³-hybridized carbons (Fsp3) is 0.692. The number of hydrogen-bond donors (Lipinski definition) is 1. The van der Waals surface area contributed by atoms with Crippen molar-refractivity contribution >= 4 is 10.0 Å². The van der Waals surface area contributed by atoms with Gasteiger partial charge in [-0.2, -0.15) is 4.31 Å². The lowest BCUT2D eigenvalue weighted by Crippen LogP contribution is -2.48. The third-order valence-electron chi connectivity index (χ3n) is 3.93. The van der Waals surface area contributed by atoms with Crippen LogP contribution < -0.4 is 0 Å². The van der Waals surface area contributed by atoms with E-state index in [1.54, 1.807) is 0 Å². The van der Waals surface area contributed by atoms with E-state index in [0.717, 1.165) is 25.6 Å². The number of hydrogen-bond acceptors (Lipinski definition) is 5. The zero-order chi connectivity index (χ0) is 14.2. The molecule has 1 saturated carbocycles. The van der Waals surface area contributed by atoms with Crippen LogP contribution in [0, 0.1) is 5.92 Å². The minimum atomic E-state index is -3.56. The molecule has 1 aliphatic heterocycles. The number of rotatable bonds is 5. The molecule has 0 aromatic carbocycles. The SMILES string of the molecule is O=S(=O)(c1ccc(CO)o1)N1CCN(CC2CC2)CC1. The van der Waals surface area contributed by atoms with Gasteiger partial charge < -0.3 is 14.4 Å². The molecule has 0 amide bonds. The molecule has 2 heterocycles. The number of furan rings is 1. The minimum absolute atomic E-state index is 0.0720. The average Bonchev–Trinajstić information content (AvgIpc) is 3.12. The third kappa shape index (κ3) is 2.90. The molecule has 1 aromatic rings. The summed E-state index contributed by atoms with van der Waals surface area (Å²) >= 11 is 0. The molecule has 7 heteroatoms. The predicted molar refractivity (Wildman–Crippen MR) is 72.6 cm³/mol. The van der Waals surface area contributed by atoms with Crippen LogP contribution >= 0.6 is 0 Å². The van der Waals surface area contributed by atoms with Crippen LogP contribution in [-0.2, 0) is 16.6 Å². The number of nitrogens with zero attached hydrogens (tertiary/aromatic N) is 2. The van der Waals surface area contributed by atoms with E-state index in [1.807, 2.05) is 0 Å². The van der Waals surface area contributed by atoms with E-state index in [4.69, 9.17) is 9.52 Å². The molecule has 0 radical (unpaired) electrons. The predicted octanol–water partition coefficient (Wildman–Crippen LogP) is 0.488. The molecule has 112 valence electrons. The number of aliphatic hydroxyl groups is 1. The van der Waals surface area contributed by atoms with Crippen molar-refractivity contribution in [2.75, 3.05) is 32.7 Å². The van der Waals surface area contributed by atoms with E-state index in [1.165, 1.54) is 29.3 Å². The lowest BCUT2D eigenvalue weighted by Gasteiger charge is -2.33. The molecule has 1 saturated heterocycles. The van der Waals surface area contributed by atoms with Gasteiger partial charge >= 0.3 is 0 Å². The Bertz CT molecular complexity index is 557. The van der Waals surface area contributed by atoms with Crippen molar-refractivity contribution in [1.82, 2.24) is 9.21 Å². The zero-order valence-corrected chi connectivity index (χ0v) is 12.2. The smallest absolute Gasteiger partial charge is 0.276 e. The largest absolute Gasteiger partial charge is 0.446 e. The van der Waals surface area contributed by atoms with Gasteiger partial charge in [-0.25, -0.2) is 8.42 Å². The molecular formula is C13H20N2O4S. The molecule has 2 fully saturated rings. The molecule has 6 nitrogen and oxygen atoms in total. The normalized spacial score (nSPS) is 22.2. The highest BCUT2D eigenvalue weighted by Crippen LogP contribution is 2.30. The first kappa shape index (κ1) is 14.1. The van der Waals surface area contributed by atoms with Crippen LogP contribution in [0.4, 0.5) is 0 Å². The van der Waals surface area contributed by atoms with Crippen LogP contribution in [0.5, 0.6) is 0 Å². The average molecular weight is 300 g/mol. The Morgan fingerprint density at radius 1 is 1.20 bits per heavy atom. The number of piperazine rings is 1. The third-order valence-corrected chi connectivity index (χ3v) is 5.70. The molecule has 0 unspecified atom stereocenters. The Balaban J connectivity index is 1.63. The standard InChI is InChI=1S/C13H20N2O4S/c16-10-12-3-4-13(19-12)20(17,18)15-7-5-14(6-8-15)9-11-1-2-11/h3-4,11,16H,1-2,5-10H2. The summed E-state index contributed by atoms with van der Waals surface area (Å²) in [5.74, 6) is 1.10. The van der Waals surface area contributed by atoms with Gasteiger partial charge in [0.05, 0.1) is 0 Å². The molecule has 1 aliphatic carbocycles. The Labute approximate surface area is 119 Å². The zero-order valence-electron chi connectivity index (χ0n) is 11.4. The van der Waals surface area contributed by atoms with Crippen LogP contribution in [0.3, 0.4) is 0 Å². The first-order valence-electron chi connectivity index (χ1n) is 7.01. The number of aliphatic hydroxyl groups excluding tert-OH is 1. The van der Waals surface area contributed by atoms with Crippen LogP contribution in [0.15, 0.2) is 21.6 Å². The summed E-state index contributed by atoms with van der Waals surface area (Å²) < 4.78 is 31.4. The van der Waals surface area contributed by atoms with Gasteiger partial charge in [-0.05, 0) is 30.9 Å². The molecule has 1 N–H and O–H groups in total. The highest BCUT2D eigenvalue weighted by molar-refractivity contribution is 7.89. The van der Waals surface area contributed by atoms with Crippen molar-refractivity contribution in [2.24, 2.45) is 5.92 Å². The van der Waals surface area contributed by atoms with E-state index in [2.05, 4.69) is 4.90 Å². The number of sulfonamides is 1. The van der Waals surface area contributed by atoms with Gasteiger partial charge in [0, 0.05) is 32.7 Å². The van der Waals surface area contributed by atoms with Crippen molar-refractivity contribution in [3.8, 4) is 0 Å². The van der Waals surface area contributed by atoms with Crippen molar-refractivity contribution in [3.05, 3.63) is 17.9 Å². The van der Waals surface area contributed by atoms with Crippen molar-refractivity contribution < 1.29 is 17.9 Å². The summed E-state index contributed by atoms with van der Waals surface area (Å²) in [6.45, 7) is 3.38. The second-order valence-electron chi connectivity index (χ2n) is 5.53. The van der Waals surface area contributed by atoms with Crippen molar-refractivity contribution in [3.63, 3.8) is 0 Å². The van der Waals surface area contributed by atoms with Gasteiger partial charge in [0.1, 0.15) is 12.4 Å². The highest BCUT2D eigenvalue weighted by atomic mass is 32.2. The van der Waals surface area contributed by atoms with Gasteiger partial charge in [-0.15, -0.1) is 0 Å². The van der Waals surface area contributed by atoms with Gasteiger partial charge in [0.2, 0.25) is 5.09 Å². The van der Waals surface area contributed by atoms with Crippen molar-refractivity contribution in [2.45, 2.75) is 24.5 Å². The lowest BCUT2D eigenvalue weighted by atomic mass is 10.3. The molecule has 1 aromatic heterocycles. The molecule has 0 atom stereocenters. The molecule has 20 heavy (non-hydrogen) atoms. The summed E-state index contributed by atoms with van der Waals surface area (Å²) in [6.07, 6.45) is 2.63. The Kier molecular flexibility index (Phi) is 3.85.